The number of aromatic nitrogens is 3. The molecular weight excluding hydrogens is 162 g/mol. The summed E-state index contributed by atoms with van der Waals surface area (Å²) in [5.41, 5.74) is 3.20. The standard InChI is InChI=1S/C10H13N3/c1-7(2)5-9-10-8(3-4-11-10)12-6-13-9/h3-4,6-7,11H,5H2,1-2H3. The number of rotatable bonds is 2. The molecule has 68 valence electrons. The molecule has 0 aliphatic heterocycles. The number of hydrogen-bond donors (Lipinski definition) is 1. The number of H-pyrrole nitrogens is 1. The van der Waals surface area contributed by atoms with Crippen LogP contribution in [0, 0.1) is 5.92 Å². The highest BCUT2D eigenvalue weighted by Crippen LogP contribution is 2.14. The fraction of sp³-hybridized carbons (Fsp3) is 0.400. The van der Waals surface area contributed by atoms with Crippen molar-refractivity contribution in [2.75, 3.05) is 0 Å². The molecule has 0 saturated heterocycles. The van der Waals surface area contributed by atoms with Gasteiger partial charge in [-0.15, -0.1) is 0 Å². The van der Waals surface area contributed by atoms with E-state index in [1.807, 2.05) is 12.3 Å². The minimum absolute atomic E-state index is 0.626. The summed E-state index contributed by atoms with van der Waals surface area (Å²) in [6.45, 7) is 4.38. The van der Waals surface area contributed by atoms with Crippen molar-refractivity contribution in [2.24, 2.45) is 5.92 Å². The maximum Gasteiger partial charge on any atom is 0.116 e. The lowest BCUT2D eigenvalue weighted by Crippen LogP contribution is -1.98. The van der Waals surface area contributed by atoms with Gasteiger partial charge in [-0.2, -0.15) is 0 Å². The Bertz CT molecular complexity index is 403. The van der Waals surface area contributed by atoms with Gasteiger partial charge in [-0.05, 0) is 18.4 Å². The first-order valence-electron chi connectivity index (χ1n) is 4.54. The first-order valence-corrected chi connectivity index (χ1v) is 4.54. The lowest BCUT2D eigenvalue weighted by molar-refractivity contribution is 0.637. The van der Waals surface area contributed by atoms with Gasteiger partial charge >= 0.3 is 0 Å². The van der Waals surface area contributed by atoms with Gasteiger partial charge in [-0.3, -0.25) is 0 Å². The molecule has 0 unspecified atom stereocenters. The normalized spacial score (nSPS) is 11.3. The van der Waals surface area contributed by atoms with Crippen molar-refractivity contribution in [2.45, 2.75) is 20.3 Å². The zero-order valence-corrected chi connectivity index (χ0v) is 7.91. The summed E-state index contributed by atoms with van der Waals surface area (Å²) in [4.78, 5) is 11.6. The molecule has 1 N–H and O–H groups in total. The van der Waals surface area contributed by atoms with Gasteiger partial charge in [0.2, 0.25) is 0 Å². The SMILES string of the molecule is CC(C)Cc1ncnc2cc[nH]c12. The Morgan fingerprint density at radius 1 is 1.38 bits per heavy atom. The smallest absolute Gasteiger partial charge is 0.116 e. The van der Waals surface area contributed by atoms with Crippen LogP contribution in [0.4, 0.5) is 0 Å². The summed E-state index contributed by atoms with van der Waals surface area (Å²) >= 11 is 0. The molecule has 0 saturated carbocycles. The molecule has 3 heteroatoms. The molecule has 0 aliphatic carbocycles. The Balaban J connectivity index is 2.48. The van der Waals surface area contributed by atoms with Gasteiger partial charge in [-0.25, -0.2) is 9.97 Å². The molecule has 13 heavy (non-hydrogen) atoms. The molecule has 0 atom stereocenters. The van der Waals surface area contributed by atoms with Gasteiger partial charge in [0.15, 0.2) is 0 Å². The zero-order valence-electron chi connectivity index (χ0n) is 7.91. The summed E-state index contributed by atoms with van der Waals surface area (Å²) in [7, 11) is 0. The van der Waals surface area contributed by atoms with Crippen molar-refractivity contribution in [1.29, 1.82) is 0 Å². The third-order valence-electron chi connectivity index (χ3n) is 2.03. The minimum Gasteiger partial charge on any atom is -0.358 e. The third-order valence-corrected chi connectivity index (χ3v) is 2.03. The van der Waals surface area contributed by atoms with E-state index in [-0.39, 0.29) is 0 Å². The van der Waals surface area contributed by atoms with E-state index >= 15 is 0 Å². The lowest BCUT2D eigenvalue weighted by atomic mass is 10.1. The molecule has 2 rings (SSSR count). The van der Waals surface area contributed by atoms with E-state index < -0.39 is 0 Å². The molecule has 2 heterocycles. The van der Waals surface area contributed by atoms with Crippen LogP contribution >= 0.6 is 0 Å². The van der Waals surface area contributed by atoms with Crippen molar-refractivity contribution in [3.63, 3.8) is 0 Å². The van der Waals surface area contributed by atoms with Crippen molar-refractivity contribution in [3.05, 3.63) is 24.3 Å². The average molecular weight is 175 g/mol. The van der Waals surface area contributed by atoms with Gasteiger partial charge < -0.3 is 4.98 Å². The van der Waals surface area contributed by atoms with Crippen LogP contribution in [-0.4, -0.2) is 15.0 Å². The van der Waals surface area contributed by atoms with E-state index in [9.17, 15) is 0 Å². The number of aromatic amines is 1. The van der Waals surface area contributed by atoms with E-state index in [2.05, 4.69) is 28.8 Å². The summed E-state index contributed by atoms with van der Waals surface area (Å²) in [6.07, 6.45) is 4.54. The highest BCUT2D eigenvalue weighted by atomic mass is 14.9. The second kappa shape index (κ2) is 3.17. The topological polar surface area (TPSA) is 41.6 Å². The van der Waals surface area contributed by atoms with Crippen LogP contribution in [0.3, 0.4) is 0 Å². The Morgan fingerprint density at radius 2 is 2.23 bits per heavy atom. The maximum atomic E-state index is 4.28. The van der Waals surface area contributed by atoms with E-state index in [1.54, 1.807) is 6.33 Å². The lowest BCUT2D eigenvalue weighted by Gasteiger charge is -2.03. The Kier molecular flexibility index (Phi) is 2.00. The highest BCUT2D eigenvalue weighted by molar-refractivity contribution is 5.76. The molecule has 0 aromatic carbocycles. The van der Waals surface area contributed by atoms with Gasteiger partial charge in [0, 0.05) is 6.20 Å². The molecule has 0 aliphatic rings. The van der Waals surface area contributed by atoms with Crippen LogP contribution in [0.25, 0.3) is 11.0 Å². The van der Waals surface area contributed by atoms with Crippen LogP contribution < -0.4 is 0 Å². The predicted molar refractivity (Wildman–Crippen MR) is 52.4 cm³/mol. The van der Waals surface area contributed by atoms with Gasteiger partial charge in [0.1, 0.15) is 6.33 Å². The molecule has 2 aromatic rings. The first-order chi connectivity index (χ1) is 6.27. The van der Waals surface area contributed by atoms with Crippen LogP contribution in [0.5, 0.6) is 0 Å². The maximum absolute atomic E-state index is 4.28. The van der Waals surface area contributed by atoms with Crippen molar-refractivity contribution < 1.29 is 0 Å². The van der Waals surface area contributed by atoms with Crippen LogP contribution in [0.2, 0.25) is 0 Å². The molecule has 0 fully saturated rings. The fourth-order valence-corrected chi connectivity index (χ4v) is 1.47. The molecule has 0 spiro atoms. The zero-order chi connectivity index (χ0) is 9.26. The van der Waals surface area contributed by atoms with E-state index in [1.165, 1.54) is 0 Å². The number of nitrogens with one attached hydrogen (secondary N) is 1. The number of nitrogens with zero attached hydrogens (tertiary/aromatic N) is 2. The van der Waals surface area contributed by atoms with Gasteiger partial charge in [0.25, 0.3) is 0 Å². The van der Waals surface area contributed by atoms with E-state index in [4.69, 9.17) is 0 Å². The van der Waals surface area contributed by atoms with Gasteiger partial charge in [0.05, 0.1) is 16.7 Å². The summed E-state index contributed by atoms with van der Waals surface area (Å²) < 4.78 is 0. The average Bonchev–Trinajstić information content (AvgIpc) is 2.51. The summed E-state index contributed by atoms with van der Waals surface area (Å²) in [6, 6.07) is 1.97. The van der Waals surface area contributed by atoms with Crippen molar-refractivity contribution in [1.82, 2.24) is 15.0 Å². The Labute approximate surface area is 77.2 Å². The minimum atomic E-state index is 0.626. The second-order valence-corrected chi connectivity index (χ2v) is 3.66. The quantitative estimate of drug-likeness (QED) is 0.759. The first kappa shape index (κ1) is 8.23. The number of hydrogen-bond acceptors (Lipinski definition) is 2. The summed E-state index contributed by atoms with van der Waals surface area (Å²) in [5.74, 6) is 0.626. The monoisotopic (exact) mass is 175 g/mol. The molecular formula is C10H13N3. The van der Waals surface area contributed by atoms with Crippen molar-refractivity contribution >= 4 is 11.0 Å². The van der Waals surface area contributed by atoms with Crippen LogP contribution in [0.15, 0.2) is 18.6 Å². The van der Waals surface area contributed by atoms with Crippen LogP contribution in [-0.2, 0) is 6.42 Å². The van der Waals surface area contributed by atoms with Gasteiger partial charge in [-0.1, -0.05) is 13.8 Å². The third kappa shape index (κ3) is 1.54. The van der Waals surface area contributed by atoms with Crippen LogP contribution in [0.1, 0.15) is 19.5 Å². The molecule has 3 nitrogen and oxygen atoms in total. The summed E-state index contributed by atoms with van der Waals surface area (Å²) in [5, 5.41) is 0. The molecule has 2 aromatic heterocycles. The Morgan fingerprint density at radius 3 is 3.00 bits per heavy atom. The second-order valence-electron chi connectivity index (χ2n) is 3.66. The Hall–Kier alpha value is -1.38. The fourth-order valence-electron chi connectivity index (χ4n) is 1.47. The van der Waals surface area contributed by atoms with Crippen molar-refractivity contribution in [3.8, 4) is 0 Å². The van der Waals surface area contributed by atoms with E-state index in [0.29, 0.717) is 5.92 Å². The molecule has 0 bridgehead atoms. The molecule has 0 radical (unpaired) electrons. The molecule has 0 amide bonds. The van der Waals surface area contributed by atoms with E-state index in [0.717, 1.165) is 23.1 Å². The largest absolute Gasteiger partial charge is 0.358 e. The number of fused-ring (bicyclic) bond motifs is 1. The highest BCUT2D eigenvalue weighted by Gasteiger charge is 2.05. The predicted octanol–water partition coefficient (Wildman–Crippen LogP) is 2.16.